The molecule has 82 valence electrons. The van der Waals surface area contributed by atoms with Crippen molar-refractivity contribution in [3.05, 3.63) is 33.3 Å². The predicted octanol–water partition coefficient (Wildman–Crippen LogP) is 2.07. The van der Waals surface area contributed by atoms with Gasteiger partial charge in [0.25, 0.3) is 0 Å². The Morgan fingerprint density at radius 2 is 2.33 bits per heavy atom. The maximum atomic E-state index is 11.2. The summed E-state index contributed by atoms with van der Waals surface area (Å²) < 4.78 is 0.912. The fraction of sp³-hybridized carbons (Fsp3) is 0.300. The number of nitrogens with two attached hydrogens (primary N) is 1. The molecule has 0 aliphatic rings. The van der Waals surface area contributed by atoms with Crippen LogP contribution in [0.2, 0.25) is 5.02 Å². The van der Waals surface area contributed by atoms with Gasteiger partial charge in [0.1, 0.15) is 0 Å². The first-order valence-electron chi connectivity index (χ1n) is 4.48. The standard InChI is InChI=1S/C10H12BrClN2O/c1-6(13)10(15)14-5-7-2-3-8(11)4-9(7)12/h2-4,6H,5,13H2,1H3,(H,14,15)/t6-/m0/s1. The van der Waals surface area contributed by atoms with E-state index in [0.717, 1.165) is 10.0 Å². The lowest BCUT2D eigenvalue weighted by molar-refractivity contribution is -0.122. The molecule has 0 saturated carbocycles. The molecule has 0 aromatic heterocycles. The van der Waals surface area contributed by atoms with Crippen LogP contribution in [-0.2, 0) is 11.3 Å². The van der Waals surface area contributed by atoms with Crippen LogP contribution in [0, 0.1) is 0 Å². The molecular formula is C10H12BrClN2O. The number of carbonyl (C=O) groups excluding carboxylic acids is 1. The van der Waals surface area contributed by atoms with Crippen LogP contribution in [0.3, 0.4) is 0 Å². The largest absolute Gasteiger partial charge is 0.351 e. The fourth-order valence-corrected chi connectivity index (χ4v) is 1.75. The lowest BCUT2D eigenvalue weighted by Gasteiger charge is -2.09. The van der Waals surface area contributed by atoms with Gasteiger partial charge in [0.05, 0.1) is 6.04 Å². The highest BCUT2D eigenvalue weighted by Gasteiger charge is 2.07. The first kappa shape index (κ1) is 12.5. The number of rotatable bonds is 3. The smallest absolute Gasteiger partial charge is 0.236 e. The predicted molar refractivity (Wildman–Crippen MR) is 64.6 cm³/mol. The molecule has 5 heteroatoms. The molecule has 1 rings (SSSR count). The molecule has 1 amide bonds. The van der Waals surface area contributed by atoms with Gasteiger partial charge in [-0.2, -0.15) is 0 Å². The number of amides is 1. The van der Waals surface area contributed by atoms with Crippen molar-refractivity contribution in [1.29, 1.82) is 0 Å². The van der Waals surface area contributed by atoms with Gasteiger partial charge in [-0.15, -0.1) is 0 Å². The summed E-state index contributed by atoms with van der Waals surface area (Å²) in [4.78, 5) is 11.2. The molecule has 0 aliphatic carbocycles. The second-order valence-electron chi connectivity index (χ2n) is 3.24. The average Bonchev–Trinajstić information content (AvgIpc) is 2.15. The molecule has 1 atom stereocenters. The Labute approximate surface area is 102 Å². The Bertz CT molecular complexity index is 368. The number of halogens is 2. The van der Waals surface area contributed by atoms with Crippen LogP contribution in [0.4, 0.5) is 0 Å². The lowest BCUT2D eigenvalue weighted by atomic mass is 10.2. The Morgan fingerprint density at radius 3 is 2.87 bits per heavy atom. The third-order valence-corrected chi connectivity index (χ3v) is 2.73. The summed E-state index contributed by atoms with van der Waals surface area (Å²) in [5, 5.41) is 3.31. The van der Waals surface area contributed by atoms with Gasteiger partial charge in [0.2, 0.25) is 5.91 Å². The van der Waals surface area contributed by atoms with Gasteiger partial charge in [-0.1, -0.05) is 33.6 Å². The lowest BCUT2D eigenvalue weighted by Crippen LogP contribution is -2.37. The van der Waals surface area contributed by atoms with Crippen molar-refractivity contribution < 1.29 is 4.79 Å². The third kappa shape index (κ3) is 3.81. The van der Waals surface area contributed by atoms with Crippen molar-refractivity contribution in [2.45, 2.75) is 19.5 Å². The summed E-state index contributed by atoms with van der Waals surface area (Å²) in [6.07, 6.45) is 0. The van der Waals surface area contributed by atoms with Gasteiger partial charge in [0.15, 0.2) is 0 Å². The van der Waals surface area contributed by atoms with Gasteiger partial charge in [-0.05, 0) is 24.6 Å². The highest BCUT2D eigenvalue weighted by molar-refractivity contribution is 9.10. The monoisotopic (exact) mass is 290 g/mol. The molecule has 0 bridgehead atoms. The van der Waals surface area contributed by atoms with Crippen LogP contribution >= 0.6 is 27.5 Å². The van der Waals surface area contributed by atoms with Gasteiger partial charge < -0.3 is 11.1 Å². The van der Waals surface area contributed by atoms with Gasteiger partial charge in [0, 0.05) is 16.0 Å². The number of hydrogen-bond donors (Lipinski definition) is 2. The highest BCUT2D eigenvalue weighted by Crippen LogP contribution is 2.21. The molecule has 1 aromatic rings. The number of nitrogens with one attached hydrogen (secondary N) is 1. The zero-order valence-corrected chi connectivity index (χ0v) is 10.6. The molecule has 0 aliphatic heterocycles. The van der Waals surface area contributed by atoms with E-state index in [0.29, 0.717) is 11.6 Å². The van der Waals surface area contributed by atoms with Crippen molar-refractivity contribution in [3.8, 4) is 0 Å². The van der Waals surface area contributed by atoms with E-state index in [-0.39, 0.29) is 5.91 Å². The van der Waals surface area contributed by atoms with Crippen molar-refractivity contribution in [1.82, 2.24) is 5.32 Å². The van der Waals surface area contributed by atoms with E-state index >= 15 is 0 Å². The number of benzene rings is 1. The average molecular weight is 292 g/mol. The molecule has 0 heterocycles. The SMILES string of the molecule is C[C@H](N)C(=O)NCc1ccc(Br)cc1Cl. The van der Waals surface area contributed by atoms with Crippen LogP contribution < -0.4 is 11.1 Å². The van der Waals surface area contributed by atoms with Crippen LogP contribution in [-0.4, -0.2) is 11.9 Å². The molecule has 3 nitrogen and oxygen atoms in total. The third-order valence-electron chi connectivity index (χ3n) is 1.88. The summed E-state index contributed by atoms with van der Waals surface area (Å²) in [5.74, 6) is -0.186. The Kier molecular flexibility index (Phi) is 4.57. The first-order valence-corrected chi connectivity index (χ1v) is 5.65. The van der Waals surface area contributed by atoms with Crippen molar-refractivity contribution in [2.75, 3.05) is 0 Å². The van der Waals surface area contributed by atoms with Crippen molar-refractivity contribution in [3.63, 3.8) is 0 Å². The first-order chi connectivity index (χ1) is 7.00. The zero-order chi connectivity index (χ0) is 11.4. The van der Waals surface area contributed by atoms with Crippen LogP contribution in [0.15, 0.2) is 22.7 Å². The van der Waals surface area contributed by atoms with Crippen LogP contribution in [0.1, 0.15) is 12.5 Å². The second-order valence-corrected chi connectivity index (χ2v) is 4.57. The van der Waals surface area contributed by atoms with E-state index in [9.17, 15) is 4.79 Å². The molecule has 0 saturated heterocycles. The number of carbonyl (C=O) groups is 1. The summed E-state index contributed by atoms with van der Waals surface area (Å²) in [7, 11) is 0. The minimum absolute atomic E-state index is 0.186. The van der Waals surface area contributed by atoms with E-state index in [2.05, 4.69) is 21.2 Å². The summed E-state index contributed by atoms with van der Waals surface area (Å²) >= 11 is 9.29. The van der Waals surface area contributed by atoms with Crippen molar-refractivity contribution >= 4 is 33.4 Å². The number of hydrogen-bond acceptors (Lipinski definition) is 2. The molecule has 0 fully saturated rings. The van der Waals surface area contributed by atoms with E-state index < -0.39 is 6.04 Å². The summed E-state index contributed by atoms with van der Waals surface area (Å²) in [6, 6.07) is 5.02. The molecule has 15 heavy (non-hydrogen) atoms. The van der Waals surface area contributed by atoms with Gasteiger partial charge in [-0.3, -0.25) is 4.79 Å². The Hall–Kier alpha value is -0.580. The van der Waals surface area contributed by atoms with E-state index in [1.165, 1.54) is 0 Å². The van der Waals surface area contributed by atoms with Crippen LogP contribution in [0.5, 0.6) is 0 Å². The molecule has 0 unspecified atom stereocenters. The quantitative estimate of drug-likeness (QED) is 0.896. The minimum Gasteiger partial charge on any atom is -0.351 e. The molecule has 0 spiro atoms. The van der Waals surface area contributed by atoms with Crippen LogP contribution in [0.25, 0.3) is 0 Å². The van der Waals surface area contributed by atoms with E-state index in [4.69, 9.17) is 17.3 Å². The molecule has 3 N–H and O–H groups in total. The minimum atomic E-state index is -0.501. The summed E-state index contributed by atoms with van der Waals surface area (Å²) in [5.41, 5.74) is 6.28. The maximum Gasteiger partial charge on any atom is 0.236 e. The fourth-order valence-electron chi connectivity index (χ4n) is 1.01. The Morgan fingerprint density at radius 1 is 1.67 bits per heavy atom. The van der Waals surface area contributed by atoms with Crippen molar-refractivity contribution in [2.24, 2.45) is 5.73 Å². The molecular weight excluding hydrogens is 279 g/mol. The zero-order valence-electron chi connectivity index (χ0n) is 8.26. The Balaban J connectivity index is 2.62. The second kappa shape index (κ2) is 5.49. The van der Waals surface area contributed by atoms with Gasteiger partial charge >= 0.3 is 0 Å². The highest BCUT2D eigenvalue weighted by atomic mass is 79.9. The van der Waals surface area contributed by atoms with E-state index in [1.54, 1.807) is 13.0 Å². The summed E-state index contributed by atoms with van der Waals surface area (Å²) in [6.45, 7) is 2.03. The van der Waals surface area contributed by atoms with E-state index in [1.807, 2.05) is 12.1 Å². The maximum absolute atomic E-state index is 11.2. The molecule has 0 radical (unpaired) electrons. The molecule has 1 aromatic carbocycles. The normalized spacial score (nSPS) is 12.3. The van der Waals surface area contributed by atoms with Gasteiger partial charge in [-0.25, -0.2) is 0 Å². The topological polar surface area (TPSA) is 55.1 Å².